The Morgan fingerprint density at radius 2 is 1.76 bits per heavy atom. The lowest BCUT2D eigenvalue weighted by molar-refractivity contribution is -0.153. The van der Waals surface area contributed by atoms with E-state index >= 15 is 0 Å². The first-order valence-corrected chi connectivity index (χ1v) is 13.3. The van der Waals surface area contributed by atoms with Crippen molar-refractivity contribution < 1.29 is 22.7 Å². The minimum absolute atomic E-state index is 0.177. The minimum Gasteiger partial charge on any atom is -0.454 e. The van der Waals surface area contributed by atoms with Gasteiger partial charge in [-0.25, -0.2) is 8.42 Å². The van der Waals surface area contributed by atoms with Gasteiger partial charge in [-0.05, 0) is 36.5 Å². The van der Waals surface area contributed by atoms with Gasteiger partial charge in [-0.15, -0.1) is 0 Å². The SMILES string of the molecule is CCCC.O=C(COC(=O)C1CCCCN1S(=O)(=O)Cc1ccccc1)NCc1cccnc1. The second-order valence-electron chi connectivity index (χ2n) is 8.11. The van der Waals surface area contributed by atoms with Gasteiger partial charge in [0.1, 0.15) is 6.04 Å². The zero-order valence-electron chi connectivity index (χ0n) is 20.0. The third-order valence-electron chi connectivity index (χ3n) is 5.33. The number of rotatable bonds is 9. The fraction of sp³-hybridized carbons (Fsp3) is 0.480. The van der Waals surface area contributed by atoms with Crippen LogP contribution in [0.5, 0.6) is 0 Å². The first kappa shape index (κ1) is 27.5. The molecule has 1 atom stereocenters. The molecule has 8 nitrogen and oxygen atoms in total. The number of hydrogen-bond acceptors (Lipinski definition) is 6. The van der Waals surface area contributed by atoms with Crippen molar-refractivity contribution in [2.75, 3.05) is 13.2 Å². The van der Waals surface area contributed by atoms with Gasteiger partial charge < -0.3 is 10.1 Å². The Bertz CT molecular complexity index is 982. The number of pyridine rings is 1. The molecule has 1 saturated heterocycles. The second-order valence-corrected chi connectivity index (χ2v) is 10.0. The van der Waals surface area contributed by atoms with E-state index in [1.165, 1.54) is 17.1 Å². The van der Waals surface area contributed by atoms with Gasteiger partial charge in [0.05, 0.1) is 5.75 Å². The van der Waals surface area contributed by atoms with E-state index in [0.717, 1.165) is 12.0 Å². The van der Waals surface area contributed by atoms with Crippen LogP contribution in [0.1, 0.15) is 57.1 Å². The highest BCUT2D eigenvalue weighted by Gasteiger charge is 2.37. The number of hydrogen-bond donors (Lipinski definition) is 1. The molecule has 1 aliphatic heterocycles. The first-order valence-electron chi connectivity index (χ1n) is 11.7. The molecule has 0 bridgehead atoms. The number of aromatic nitrogens is 1. The van der Waals surface area contributed by atoms with E-state index in [2.05, 4.69) is 24.1 Å². The van der Waals surface area contributed by atoms with Crippen molar-refractivity contribution in [3.05, 3.63) is 66.0 Å². The van der Waals surface area contributed by atoms with Crippen LogP contribution in [0.3, 0.4) is 0 Å². The lowest BCUT2D eigenvalue weighted by atomic mass is 10.1. The fourth-order valence-corrected chi connectivity index (χ4v) is 5.09. The molecular formula is C25H35N3O5S. The molecule has 1 N–H and O–H groups in total. The van der Waals surface area contributed by atoms with Gasteiger partial charge in [0, 0.05) is 25.5 Å². The number of unbranched alkanes of at least 4 members (excludes halogenated alkanes) is 1. The maximum Gasteiger partial charge on any atom is 0.324 e. The lowest BCUT2D eigenvalue weighted by Gasteiger charge is -2.33. The van der Waals surface area contributed by atoms with E-state index in [9.17, 15) is 18.0 Å². The highest BCUT2D eigenvalue weighted by atomic mass is 32.2. The number of nitrogens with one attached hydrogen (secondary N) is 1. The van der Waals surface area contributed by atoms with Crippen molar-refractivity contribution in [2.24, 2.45) is 0 Å². The largest absolute Gasteiger partial charge is 0.454 e. The molecule has 1 fully saturated rings. The quantitative estimate of drug-likeness (QED) is 0.541. The van der Waals surface area contributed by atoms with Crippen LogP contribution in [-0.4, -0.2) is 48.8 Å². The van der Waals surface area contributed by atoms with Crippen LogP contribution in [0.4, 0.5) is 0 Å². The number of esters is 1. The summed E-state index contributed by atoms with van der Waals surface area (Å²) >= 11 is 0. The maximum atomic E-state index is 12.9. The Kier molecular flexibility index (Phi) is 11.7. The van der Waals surface area contributed by atoms with Crippen LogP contribution in [0, 0.1) is 0 Å². The highest BCUT2D eigenvalue weighted by Crippen LogP contribution is 2.24. The average Bonchev–Trinajstić information content (AvgIpc) is 2.87. The van der Waals surface area contributed by atoms with Gasteiger partial charge in [0.2, 0.25) is 10.0 Å². The smallest absolute Gasteiger partial charge is 0.324 e. The summed E-state index contributed by atoms with van der Waals surface area (Å²) in [7, 11) is -3.69. The monoisotopic (exact) mass is 489 g/mol. The lowest BCUT2D eigenvalue weighted by Crippen LogP contribution is -2.49. The van der Waals surface area contributed by atoms with Crippen molar-refractivity contribution >= 4 is 21.9 Å². The summed E-state index contributed by atoms with van der Waals surface area (Å²) in [6.07, 6.45) is 7.69. The van der Waals surface area contributed by atoms with Crippen LogP contribution in [0.15, 0.2) is 54.9 Å². The number of carbonyl (C=O) groups is 2. The van der Waals surface area contributed by atoms with Gasteiger partial charge in [0.25, 0.3) is 5.91 Å². The van der Waals surface area contributed by atoms with Crippen molar-refractivity contribution in [1.29, 1.82) is 0 Å². The van der Waals surface area contributed by atoms with E-state index in [1.807, 2.05) is 12.1 Å². The molecule has 2 aromatic rings. The zero-order valence-corrected chi connectivity index (χ0v) is 20.8. The Labute approximate surface area is 202 Å². The summed E-state index contributed by atoms with van der Waals surface area (Å²) in [6.45, 7) is 4.44. The van der Waals surface area contributed by atoms with E-state index in [0.29, 0.717) is 18.4 Å². The summed E-state index contributed by atoms with van der Waals surface area (Å²) in [5.41, 5.74) is 1.48. The molecule has 3 rings (SSSR count). The molecule has 1 unspecified atom stereocenters. The van der Waals surface area contributed by atoms with Gasteiger partial charge in [0.15, 0.2) is 6.61 Å². The number of nitrogens with zero attached hydrogens (tertiary/aromatic N) is 2. The molecule has 9 heteroatoms. The van der Waals surface area contributed by atoms with Crippen LogP contribution < -0.4 is 5.32 Å². The zero-order chi connectivity index (χ0) is 24.8. The molecular weight excluding hydrogens is 454 g/mol. The maximum absolute atomic E-state index is 12.9. The highest BCUT2D eigenvalue weighted by molar-refractivity contribution is 7.88. The summed E-state index contributed by atoms with van der Waals surface area (Å²) < 4.78 is 32.2. The molecule has 0 aliphatic carbocycles. The second kappa shape index (κ2) is 14.5. The van der Waals surface area contributed by atoms with E-state index in [1.54, 1.807) is 42.7 Å². The van der Waals surface area contributed by atoms with E-state index in [-0.39, 0.29) is 18.8 Å². The molecule has 0 radical (unpaired) electrons. The van der Waals surface area contributed by atoms with Gasteiger partial charge in [-0.2, -0.15) is 4.31 Å². The molecule has 186 valence electrons. The molecule has 1 aromatic carbocycles. The predicted molar refractivity (Wildman–Crippen MR) is 131 cm³/mol. The molecule has 34 heavy (non-hydrogen) atoms. The van der Waals surface area contributed by atoms with Crippen LogP contribution in [0.25, 0.3) is 0 Å². The third kappa shape index (κ3) is 9.23. The summed E-state index contributed by atoms with van der Waals surface area (Å²) in [6, 6.07) is 11.5. The van der Waals surface area contributed by atoms with Crippen LogP contribution in [0.2, 0.25) is 0 Å². The molecule has 1 aliphatic rings. The molecule has 1 aromatic heterocycles. The Hall–Kier alpha value is -2.78. The van der Waals surface area contributed by atoms with Crippen molar-refractivity contribution in [2.45, 2.75) is 64.3 Å². The molecule has 0 spiro atoms. The van der Waals surface area contributed by atoms with Gasteiger partial charge in [-0.3, -0.25) is 14.6 Å². The molecule has 0 saturated carbocycles. The van der Waals surface area contributed by atoms with Crippen molar-refractivity contribution in [3.8, 4) is 0 Å². The fourth-order valence-electron chi connectivity index (χ4n) is 3.33. The Morgan fingerprint density at radius 1 is 1.06 bits per heavy atom. The number of piperidine rings is 1. The summed E-state index contributed by atoms with van der Waals surface area (Å²) in [4.78, 5) is 28.5. The van der Waals surface area contributed by atoms with Crippen molar-refractivity contribution in [3.63, 3.8) is 0 Å². The minimum atomic E-state index is -3.69. The van der Waals surface area contributed by atoms with Crippen LogP contribution >= 0.6 is 0 Å². The summed E-state index contributed by atoms with van der Waals surface area (Å²) in [5, 5.41) is 2.64. The normalized spacial score (nSPS) is 16.1. The summed E-state index contributed by atoms with van der Waals surface area (Å²) in [5.74, 6) is -1.33. The molecule has 2 heterocycles. The standard InChI is InChI=1S/C21H25N3O5S.C4H10/c25-20(23-14-18-9-6-11-22-13-18)15-29-21(26)19-10-4-5-12-24(19)30(27,28)16-17-7-2-1-3-8-17;1-3-4-2/h1-3,6-9,11,13,19H,4-5,10,12,14-16H2,(H,23,25);3-4H2,1-2H3. The van der Waals surface area contributed by atoms with E-state index < -0.39 is 34.5 Å². The predicted octanol–water partition coefficient (Wildman–Crippen LogP) is 3.43. The first-order chi connectivity index (χ1) is 16.4. The number of ether oxygens (including phenoxy) is 1. The number of benzene rings is 1. The van der Waals surface area contributed by atoms with Crippen LogP contribution in [-0.2, 0) is 36.6 Å². The van der Waals surface area contributed by atoms with E-state index in [4.69, 9.17) is 4.74 Å². The number of sulfonamides is 1. The average molecular weight is 490 g/mol. The number of amides is 1. The topological polar surface area (TPSA) is 106 Å². The number of carbonyl (C=O) groups excluding carboxylic acids is 2. The molecule has 1 amide bonds. The van der Waals surface area contributed by atoms with Crippen molar-refractivity contribution in [1.82, 2.24) is 14.6 Å². The van der Waals surface area contributed by atoms with Gasteiger partial charge in [-0.1, -0.05) is 63.1 Å². The Balaban J connectivity index is 0.000000945. The third-order valence-corrected chi connectivity index (χ3v) is 7.18. The van der Waals surface area contributed by atoms with Gasteiger partial charge >= 0.3 is 5.97 Å². The Morgan fingerprint density at radius 3 is 2.41 bits per heavy atom.